The van der Waals surface area contributed by atoms with Gasteiger partial charge >= 0.3 is 12.1 Å². The van der Waals surface area contributed by atoms with Crippen molar-refractivity contribution in [1.82, 2.24) is 26.2 Å². The molecule has 0 radical (unpaired) electrons. The van der Waals surface area contributed by atoms with Crippen LogP contribution in [-0.2, 0) is 172 Å². The Morgan fingerprint density at radius 3 is 1.26 bits per heavy atom. The third-order valence-electron chi connectivity index (χ3n) is 16.3. The molecule has 0 aromatic heterocycles. The van der Waals surface area contributed by atoms with Crippen molar-refractivity contribution in [2.24, 2.45) is 11.8 Å². The van der Waals surface area contributed by atoms with E-state index >= 15 is 0 Å². The lowest BCUT2D eigenvalue weighted by Crippen LogP contribution is -2.55. The number of aryl methyl sites for hydroxylation is 1. The Kier molecular flexibility index (Phi) is 63.6. The predicted octanol–water partition coefficient (Wildman–Crippen LogP) is 9.16. The highest BCUT2D eigenvalue weighted by Crippen LogP contribution is 2.44. The van der Waals surface area contributed by atoms with Crippen LogP contribution in [-0.4, -0.2) is 300 Å². The van der Waals surface area contributed by atoms with E-state index in [4.69, 9.17) is 139 Å². The quantitative estimate of drug-likeness (QED) is 0.0102. The smallest absolute Gasteiger partial charge is 0.407 e. The maximum Gasteiger partial charge on any atom is 0.407 e. The number of hydrogen-bond donors (Lipinski definition) is 4. The first kappa shape index (κ1) is 117. The Balaban J connectivity index is 1.18. The zero-order valence-electron chi connectivity index (χ0n) is 76.3. The van der Waals surface area contributed by atoms with Gasteiger partial charge in [-0.2, -0.15) is 0 Å². The summed E-state index contributed by atoms with van der Waals surface area (Å²) in [5.41, 5.74) is 0.593. The molecule has 0 spiro atoms. The molecule has 1 heterocycles. The first-order chi connectivity index (χ1) is 63.0. The second kappa shape index (κ2) is 71.2. The van der Waals surface area contributed by atoms with E-state index in [1.54, 1.807) is 32.9 Å². The number of ketones is 2. The molecule has 3 aromatic carbocycles. The molecule has 1 unspecified atom stereocenters. The van der Waals surface area contributed by atoms with Crippen LogP contribution >= 0.6 is 54.8 Å². The zero-order chi connectivity index (χ0) is 95.5. The van der Waals surface area contributed by atoms with Gasteiger partial charge in [0.05, 0.1) is 44.1 Å². The molecule has 131 heavy (non-hydrogen) atoms. The number of amides is 6. The van der Waals surface area contributed by atoms with Gasteiger partial charge in [-0.3, -0.25) is 43.3 Å². The summed E-state index contributed by atoms with van der Waals surface area (Å²) in [7, 11) is 7.30. The standard InChI is InChI=1S/C85H130ClN5O36S4/c1-64-24-26-68(27-25-64)85(67-19-13-12-14-20-67,70-21-15-16-22-71(70)86)126-77(96)30-33-102-34-32-88-78(97)66(40-129-131-84(8,9)10)36-74(93)72(23-17-18-31-87-80(99)73(91-75(94)28-29-76(91)95)37-89-81(100)127-82(2,3)4)90-79(98)65(39-128-130-83(5,6)7)35-69(92)38-103-42-105-44-107-46-109-48-111-50-113-52-115-54-117-56-119-58-121-60-123-62-125-63-124-61-122-59-120-57-118-55-116-53-114-51-112-49-110-47-108-45-106-43-104-41-101-11/h12-16,19-22,24-29,65-66,72-73H,17-18,23,30-63H2,1-11H3,(H,87,99)(H,88,97)(H,89,100)(H,90,98)/t65-,66-,72-,73-,85?/m0/s1. The Morgan fingerprint density at radius 1 is 0.427 bits per heavy atom. The van der Waals surface area contributed by atoms with Gasteiger partial charge in [-0.05, 0) is 53.0 Å². The molecule has 0 saturated carbocycles. The third-order valence-corrected chi connectivity index (χ3v) is 23.5. The molecule has 1 aliphatic heterocycles. The number of carbonyl (C=O) groups excluding carboxylic acids is 9. The maximum atomic E-state index is 15.0. The molecule has 4 N–H and O–H groups in total. The molecule has 0 saturated heterocycles. The number of methoxy groups -OCH3 is 1. The summed E-state index contributed by atoms with van der Waals surface area (Å²) in [6.45, 7) is 15.0. The second-order valence-corrected chi connectivity index (χ2v) is 37.5. The number of rotatable bonds is 81. The van der Waals surface area contributed by atoms with Crippen LogP contribution in [0.4, 0.5) is 4.79 Å². The highest BCUT2D eigenvalue weighted by molar-refractivity contribution is 8.77. The van der Waals surface area contributed by atoms with Crippen molar-refractivity contribution in [2.45, 2.75) is 141 Å². The lowest BCUT2D eigenvalue weighted by atomic mass is 9.79. The minimum Gasteiger partial charge on any atom is -0.444 e. The zero-order valence-corrected chi connectivity index (χ0v) is 80.3. The Labute approximate surface area is 785 Å². The normalized spacial score (nSPS) is 13.8. The molecule has 4 rings (SSSR count). The summed E-state index contributed by atoms with van der Waals surface area (Å²) in [5, 5.41) is 11.4. The number of benzene rings is 3. The van der Waals surface area contributed by atoms with Crippen LogP contribution in [0.25, 0.3) is 0 Å². The fourth-order valence-corrected chi connectivity index (χ4v) is 16.2. The summed E-state index contributed by atoms with van der Waals surface area (Å²) in [6.07, 6.45) is 0.791. The number of nitrogens with one attached hydrogen (secondary N) is 4. The van der Waals surface area contributed by atoms with Crippen LogP contribution in [0.3, 0.4) is 0 Å². The molecule has 5 atom stereocenters. The molecule has 6 amide bonds. The van der Waals surface area contributed by atoms with Gasteiger partial charge in [0.15, 0.2) is 160 Å². The minimum atomic E-state index is -1.46. The van der Waals surface area contributed by atoms with E-state index in [0.29, 0.717) is 21.7 Å². The Hall–Kier alpha value is -6.28. The lowest BCUT2D eigenvalue weighted by molar-refractivity contribution is -0.242. The number of esters is 1. The van der Waals surface area contributed by atoms with Gasteiger partial charge in [-0.15, -0.1) is 0 Å². The molecule has 0 fully saturated rings. The number of alkyl carbamates (subject to hydrolysis) is 1. The summed E-state index contributed by atoms with van der Waals surface area (Å²) in [5.74, 6) is -6.46. The van der Waals surface area contributed by atoms with Crippen LogP contribution < -0.4 is 21.3 Å². The highest BCUT2D eigenvalue weighted by Gasteiger charge is 2.43. The number of unbranched alkanes of at least 4 members (excludes halogenated alkanes) is 1. The Morgan fingerprint density at radius 2 is 0.832 bits per heavy atom. The van der Waals surface area contributed by atoms with E-state index in [-0.39, 0.29) is 242 Å². The fourth-order valence-electron chi connectivity index (χ4n) is 10.7. The number of Topliss-reactive ketones (excluding diaryl/α,β-unsaturated/α-hetero) is 2. The van der Waals surface area contributed by atoms with Crippen molar-refractivity contribution in [3.63, 3.8) is 0 Å². The first-order valence-corrected chi connectivity index (χ1v) is 46.5. The number of imide groups is 1. The Bertz CT molecular complexity index is 3660. The van der Waals surface area contributed by atoms with Gasteiger partial charge in [-0.25, -0.2) is 4.79 Å². The van der Waals surface area contributed by atoms with Gasteiger partial charge < -0.3 is 149 Å². The minimum absolute atomic E-state index is 0.00193. The molecule has 41 nitrogen and oxygen atoms in total. The van der Waals surface area contributed by atoms with Crippen molar-refractivity contribution in [3.05, 3.63) is 118 Å². The van der Waals surface area contributed by atoms with Crippen molar-refractivity contribution in [3.8, 4) is 0 Å². The molecule has 0 bridgehead atoms. The SMILES string of the molecule is COCOCOCOCOCOCOCOCOCOCOCOCOCOCOCOCOCOCOCOCOCOCOCOCC(=O)C[C@@H](CSSC(C)(C)C)C(=O)N[C@@H](CCCCNC(=O)[C@H](CNC(=O)OC(C)(C)C)N1C(=O)C=CC1=O)C(=O)C[C@@H](CSSC(C)(C)C)C(=O)NCCOCCC(=O)OC(c1ccccc1)(c1ccc(C)cc1)c1ccccc1Cl. The van der Waals surface area contributed by atoms with Crippen molar-refractivity contribution in [1.29, 1.82) is 0 Å². The molecular formula is C85H130ClN5O36S4. The van der Waals surface area contributed by atoms with E-state index < -0.39 is 101 Å². The molecule has 46 heteroatoms. The van der Waals surface area contributed by atoms with Crippen LogP contribution in [0, 0.1) is 18.8 Å². The topological polar surface area (TPSA) is 454 Å². The average molecular weight is 1960 g/mol. The van der Waals surface area contributed by atoms with E-state index in [1.807, 2.05) is 115 Å². The largest absolute Gasteiger partial charge is 0.444 e. The van der Waals surface area contributed by atoms with E-state index in [1.165, 1.54) is 50.3 Å². The van der Waals surface area contributed by atoms with Gasteiger partial charge in [-0.1, -0.05) is 175 Å². The molecule has 1 aliphatic rings. The molecule has 742 valence electrons. The third kappa shape index (κ3) is 56.1. The van der Waals surface area contributed by atoms with Crippen molar-refractivity contribution in [2.75, 3.05) is 214 Å². The molecule has 0 aliphatic carbocycles. The second-order valence-electron chi connectivity index (χ2n) is 30.8. The van der Waals surface area contributed by atoms with E-state index in [0.717, 1.165) is 22.6 Å². The van der Waals surface area contributed by atoms with Gasteiger partial charge in [0.25, 0.3) is 11.8 Å². The van der Waals surface area contributed by atoms with Gasteiger partial charge in [0.2, 0.25) is 17.7 Å². The number of hydrogen-bond acceptors (Lipinski definition) is 40. The van der Waals surface area contributed by atoms with Crippen LogP contribution in [0.15, 0.2) is 91.0 Å². The summed E-state index contributed by atoms with van der Waals surface area (Å²) >= 11 is 6.90. The van der Waals surface area contributed by atoms with Crippen LogP contribution in [0.5, 0.6) is 0 Å². The average Bonchev–Trinajstić information content (AvgIpc) is 1.33. The number of ether oxygens (including phenoxy) is 27. The van der Waals surface area contributed by atoms with Crippen LogP contribution in [0.2, 0.25) is 5.02 Å². The van der Waals surface area contributed by atoms with Gasteiger partial charge in [0.1, 0.15) is 31.8 Å². The van der Waals surface area contributed by atoms with E-state index in [9.17, 15) is 43.2 Å². The summed E-state index contributed by atoms with van der Waals surface area (Å²) < 4.78 is 140. The van der Waals surface area contributed by atoms with Crippen molar-refractivity contribution < 1.29 is 171 Å². The van der Waals surface area contributed by atoms with Crippen molar-refractivity contribution >= 4 is 108 Å². The number of nitrogens with zero attached hydrogens (tertiary/aromatic N) is 1. The van der Waals surface area contributed by atoms with Gasteiger partial charge in [0, 0.05) is 87.9 Å². The molecule has 3 aromatic rings. The van der Waals surface area contributed by atoms with Crippen LogP contribution in [0.1, 0.15) is 123 Å². The van der Waals surface area contributed by atoms with E-state index in [2.05, 4.69) is 21.3 Å². The predicted molar refractivity (Wildman–Crippen MR) is 476 cm³/mol. The summed E-state index contributed by atoms with van der Waals surface area (Å²) in [4.78, 5) is 125. The fraction of sp³-hybridized carbons (Fsp3) is 0.659. The number of carbonyl (C=O) groups is 9. The highest BCUT2D eigenvalue weighted by atomic mass is 35.5. The monoisotopic (exact) mass is 1960 g/mol. The first-order valence-electron chi connectivity index (χ1n) is 41.5. The maximum absolute atomic E-state index is 15.0. The summed E-state index contributed by atoms with van der Waals surface area (Å²) in [6, 6.07) is 21.5. The lowest BCUT2D eigenvalue weighted by Gasteiger charge is -2.36. The number of halogens is 1. The molecular weight excluding hydrogens is 1830 g/mol.